The maximum Gasteiger partial charge on any atom is 0.317 e. The number of nitrogens with zero attached hydrogens (tertiary/aromatic N) is 1. The number of carboxylic acid groups (broad SMARTS) is 1. The Kier molecular flexibility index (Phi) is 7.25. The number of carbonyl (C=O) groups is 2. The molecular weight excluding hydrogens is 272 g/mol. The van der Waals surface area contributed by atoms with E-state index < -0.39 is 11.9 Å². The SMILES string of the molecule is CCN(CCCO)C(=O)NCC(C(=O)O)c1ccccc1. The zero-order valence-corrected chi connectivity index (χ0v) is 12.2. The van der Waals surface area contributed by atoms with E-state index in [0.717, 1.165) is 0 Å². The van der Waals surface area contributed by atoms with E-state index in [1.165, 1.54) is 0 Å². The van der Waals surface area contributed by atoms with Crippen LogP contribution in [-0.2, 0) is 4.79 Å². The Labute approximate surface area is 124 Å². The minimum absolute atomic E-state index is 0.0194. The molecule has 0 aliphatic heterocycles. The second-order valence-electron chi connectivity index (χ2n) is 4.64. The van der Waals surface area contributed by atoms with E-state index >= 15 is 0 Å². The average Bonchev–Trinajstić information content (AvgIpc) is 2.49. The van der Waals surface area contributed by atoms with Gasteiger partial charge in [0.1, 0.15) is 0 Å². The third-order valence-electron chi connectivity index (χ3n) is 3.21. The number of urea groups is 1. The predicted octanol–water partition coefficient (Wildman–Crippen LogP) is 1.27. The van der Waals surface area contributed by atoms with Gasteiger partial charge in [-0.05, 0) is 18.9 Å². The van der Waals surface area contributed by atoms with E-state index in [-0.39, 0.29) is 19.2 Å². The van der Waals surface area contributed by atoms with Crippen molar-refractivity contribution < 1.29 is 19.8 Å². The van der Waals surface area contributed by atoms with Crippen LogP contribution in [0.4, 0.5) is 4.79 Å². The van der Waals surface area contributed by atoms with Gasteiger partial charge < -0.3 is 20.4 Å². The van der Waals surface area contributed by atoms with Gasteiger partial charge in [0, 0.05) is 26.2 Å². The first-order valence-corrected chi connectivity index (χ1v) is 7.01. The maximum atomic E-state index is 12.0. The Morgan fingerprint density at radius 2 is 1.95 bits per heavy atom. The van der Waals surface area contributed by atoms with Crippen LogP contribution in [0.15, 0.2) is 30.3 Å². The molecule has 0 aliphatic rings. The molecule has 1 aromatic carbocycles. The van der Waals surface area contributed by atoms with Gasteiger partial charge in [0.25, 0.3) is 0 Å². The van der Waals surface area contributed by atoms with Crippen molar-refractivity contribution >= 4 is 12.0 Å². The van der Waals surface area contributed by atoms with Crippen molar-refractivity contribution in [1.29, 1.82) is 0 Å². The lowest BCUT2D eigenvalue weighted by Crippen LogP contribution is -2.43. The van der Waals surface area contributed by atoms with Gasteiger partial charge in [0.2, 0.25) is 0 Å². The van der Waals surface area contributed by atoms with E-state index in [2.05, 4.69) is 5.32 Å². The lowest BCUT2D eigenvalue weighted by atomic mass is 9.99. The van der Waals surface area contributed by atoms with Crippen molar-refractivity contribution in [1.82, 2.24) is 10.2 Å². The number of aliphatic hydroxyl groups excluding tert-OH is 1. The Morgan fingerprint density at radius 3 is 2.48 bits per heavy atom. The topological polar surface area (TPSA) is 89.9 Å². The van der Waals surface area contributed by atoms with Crippen molar-refractivity contribution in [2.45, 2.75) is 19.3 Å². The number of nitrogens with one attached hydrogen (secondary N) is 1. The number of aliphatic hydroxyl groups is 1. The number of rotatable bonds is 8. The first-order chi connectivity index (χ1) is 10.1. The van der Waals surface area contributed by atoms with E-state index in [9.17, 15) is 14.7 Å². The molecule has 0 saturated carbocycles. The normalized spacial score (nSPS) is 11.7. The zero-order chi connectivity index (χ0) is 15.7. The highest BCUT2D eigenvalue weighted by Crippen LogP contribution is 2.14. The second-order valence-corrected chi connectivity index (χ2v) is 4.64. The lowest BCUT2D eigenvalue weighted by Gasteiger charge is -2.22. The number of hydrogen-bond donors (Lipinski definition) is 3. The third kappa shape index (κ3) is 5.43. The molecule has 3 N–H and O–H groups in total. The van der Waals surface area contributed by atoms with E-state index in [1.807, 2.05) is 13.0 Å². The summed E-state index contributed by atoms with van der Waals surface area (Å²) in [5.41, 5.74) is 0.656. The first kappa shape index (κ1) is 17.0. The fraction of sp³-hybridized carbons (Fsp3) is 0.467. The molecule has 0 spiro atoms. The monoisotopic (exact) mass is 294 g/mol. The van der Waals surface area contributed by atoms with Crippen LogP contribution < -0.4 is 5.32 Å². The third-order valence-corrected chi connectivity index (χ3v) is 3.21. The summed E-state index contributed by atoms with van der Waals surface area (Å²) >= 11 is 0. The van der Waals surface area contributed by atoms with Crippen molar-refractivity contribution in [3.8, 4) is 0 Å². The Balaban J connectivity index is 2.61. The highest BCUT2D eigenvalue weighted by atomic mass is 16.4. The van der Waals surface area contributed by atoms with Gasteiger partial charge in [0.15, 0.2) is 0 Å². The van der Waals surface area contributed by atoms with Crippen LogP contribution in [-0.4, -0.2) is 53.4 Å². The van der Waals surface area contributed by atoms with Gasteiger partial charge in [-0.15, -0.1) is 0 Å². The Hall–Kier alpha value is -2.08. The first-order valence-electron chi connectivity index (χ1n) is 7.01. The van der Waals surface area contributed by atoms with Crippen LogP contribution in [0.1, 0.15) is 24.8 Å². The molecule has 0 saturated heterocycles. The fourth-order valence-electron chi connectivity index (χ4n) is 2.00. The largest absolute Gasteiger partial charge is 0.481 e. The van der Waals surface area contributed by atoms with Gasteiger partial charge >= 0.3 is 12.0 Å². The van der Waals surface area contributed by atoms with Crippen LogP contribution in [0, 0.1) is 0 Å². The smallest absolute Gasteiger partial charge is 0.317 e. The van der Waals surface area contributed by atoms with Gasteiger partial charge in [-0.25, -0.2) is 4.79 Å². The summed E-state index contributed by atoms with van der Waals surface area (Å²) in [4.78, 5) is 24.8. The highest BCUT2D eigenvalue weighted by molar-refractivity contribution is 5.79. The van der Waals surface area contributed by atoms with Crippen molar-refractivity contribution in [2.24, 2.45) is 0 Å². The molecule has 1 unspecified atom stereocenters. The summed E-state index contributed by atoms with van der Waals surface area (Å²) in [5.74, 6) is -1.74. The molecule has 0 radical (unpaired) electrons. The second kappa shape index (κ2) is 8.97. The van der Waals surface area contributed by atoms with Crippen LogP contribution >= 0.6 is 0 Å². The van der Waals surface area contributed by atoms with Crippen LogP contribution in [0.3, 0.4) is 0 Å². The summed E-state index contributed by atoms with van der Waals surface area (Å²) in [6, 6.07) is 8.50. The Morgan fingerprint density at radius 1 is 1.29 bits per heavy atom. The molecule has 0 aliphatic carbocycles. The molecule has 0 bridgehead atoms. The molecule has 0 heterocycles. The molecule has 6 heteroatoms. The maximum absolute atomic E-state index is 12.0. The summed E-state index contributed by atoms with van der Waals surface area (Å²) in [7, 11) is 0. The summed E-state index contributed by atoms with van der Waals surface area (Å²) in [6.45, 7) is 2.85. The fourth-order valence-corrected chi connectivity index (χ4v) is 2.00. The van der Waals surface area contributed by atoms with E-state index in [1.54, 1.807) is 29.2 Å². The summed E-state index contributed by atoms with van der Waals surface area (Å²) < 4.78 is 0. The molecule has 21 heavy (non-hydrogen) atoms. The highest BCUT2D eigenvalue weighted by Gasteiger charge is 2.21. The molecule has 0 aromatic heterocycles. The number of carbonyl (C=O) groups excluding carboxylic acids is 1. The molecule has 1 atom stereocenters. The molecule has 0 fully saturated rings. The number of amides is 2. The molecule has 2 amide bonds. The lowest BCUT2D eigenvalue weighted by molar-refractivity contribution is -0.138. The number of hydrogen-bond acceptors (Lipinski definition) is 3. The zero-order valence-electron chi connectivity index (χ0n) is 12.2. The molecular formula is C15H22N2O4. The number of aliphatic carboxylic acids is 1. The van der Waals surface area contributed by atoms with Crippen LogP contribution in [0.5, 0.6) is 0 Å². The van der Waals surface area contributed by atoms with Gasteiger partial charge in [-0.2, -0.15) is 0 Å². The quantitative estimate of drug-likeness (QED) is 0.673. The minimum Gasteiger partial charge on any atom is -0.481 e. The number of benzene rings is 1. The van der Waals surface area contributed by atoms with E-state index in [4.69, 9.17) is 5.11 Å². The van der Waals surface area contributed by atoms with Crippen LogP contribution in [0.25, 0.3) is 0 Å². The summed E-state index contributed by atoms with van der Waals surface area (Å²) in [5, 5.41) is 20.7. The van der Waals surface area contributed by atoms with Crippen molar-refractivity contribution in [2.75, 3.05) is 26.2 Å². The van der Waals surface area contributed by atoms with E-state index in [0.29, 0.717) is 25.1 Å². The van der Waals surface area contributed by atoms with Crippen LogP contribution in [0.2, 0.25) is 0 Å². The molecule has 1 rings (SSSR count). The molecule has 6 nitrogen and oxygen atoms in total. The minimum atomic E-state index is -0.972. The standard InChI is InChI=1S/C15H22N2O4/c1-2-17(9-6-10-18)15(21)16-11-13(14(19)20)12-7-4-3-5-8-12/h3-5,7-8,13,18H,2,6,9-11H2,1H3,(H,16,21)(H,19,20). The predicted molar refractivity (Wildman–Crippen MR) is 79.2 cm³/mol. The summed E-state index contributed by atoms with van der Waals surface area (Å²) in [6.07, 6.45) is 0.502. The average molecular weight is 294 g/mol. The van der Waals surface area contributed by atoms with Gasteiger partial charge in [-0.3, -0.25) is 4.79 Å². The van der Waals surface area contributed by atoms with Crippen molar-refractivity contribution in [3.05, 3.63) is 35.9 Å². The molecule has 116 valence electrons. The van der Waals surface area contributed by atoms with Gasteiger partial charge in [-0.1, -0.05) is 30.3 Å². The van der Waals surface area contributed by atoms with Gasteiger partial charge in [0.05, 0.1) is 5.92 Å². The Bertz CT molecular complexity index is 450. The van der Waals surface area contributed by atoms with Crippen molar-refractivity contribution in [3.63, 3.8) is 0 Å². The molecule has 1 aromatic rings. The number of carboxylic acids is 1.